The Hall–Kier alpha value is -2.08. The largest absolute Gasteiger partial charge is 0.343 e. The number of carbonyl (C=O) groups is 1. The van der Waals surface area contributed by atoms with Crippen LogP contribution in [-0.4, -0.2) is 16.0 Å². The first kappa shape index (κ1) is 16.8. The maximum absolute atomic E-state index is 12.1. The first-order valence-electron chi connectivity index (χ1n) is 6.85. The van der Waals surface area contributed by atoms with E-state index in [4.69, 9.17) is 39.3 Å². The fourth-order valence-corrected chi connectivity index (χ4v) is 2.72. The number of hydrogen-bond donors (Lipinski definition) is 1. The molecule has 8 heteroatoms. The summed E-state index contributed by atoms with van der Waals surface area (Å²) < 4.78 is 5.12. The molecule has 0 unspecified atom stereocenters. The summed E-state index contributed by atoms with van der Waals surface area (Å²) in [5.41, 5.74) is 0.966. The Kier molecular flexibility index (Phi) is 5.04. The van der Waals surface area contributed by atoms with Gasteiger partial charge in [0.05, 0.1) is 22.2 Å². The van der Waals surface area contributed by atoms with Gasteiger partial charge in [0, 0.05) is 10.6 Å². The van der Waals surface area contributed by atoms with E-state index in [2.05, 4.69) is 15.5 Å². The summed E-state index contributed by atoms with van der Waals surface area (Å²) in [4.78, 5) is 16.3. The summed E-state index contributed by atoms with van der Waals surface area (Å²) in [5, 5.41) is 7.76. The predicted molar refractivity (Wildman–Crippen MR) is 92.4 cm³/mol. The first-order valence-corrected chi connectivity index (χ1v) is 7.98. The lowest BCUT2D eigenvalue weighted by Gasteiger charge is -2.04. The van der Waals surface area contributed by atoms with Crippen LogP contribution in [0.2, 0.25) is 15.1 Å². The van der Waals surface area contributed by atoms with Crippen molar-refractivity contribution >= 4 is 40.7 Å². The number of halogens is 3. The van der Waals surface area contributed by atoms with Crippen molar-refractivity contribution in [2.24, 2.45) is 0 Å². The highest BCUT2D eigenvalue weighted by atomic mass is 35.5. The van der Waals surface area contributed by atoms with Crippen LogP contribution in [0.1, 0.15) is 16.2 Å². The zero-order valence-electron chi connectivity index (χ0n) is 12.1. The SMILES string of the molecule is O=C(NCc1nc(-c2ccccc2Cl)no1)c1ccc(Cl)cc1Cl. The van der Waals surface area contributed by atoms with Crippen LogP contribution >= 0.6 is 34.8 Å². The number of hydrogen-bond acceptors (Lipinski definition) is 4. The molecule has 1 amide bonds. The molecule has 3 rings (SSSR count). The minimum atomic E-state index is -0.367. The molecular weight excluding hydrogens is 373 g/mol. The van der Waals surface area contributed by atoms with Crippen LogP contribution in [0.5, 0.6) is 0 Å². The predicted octanol–water partition coefficient (Wildman–Crippen LogP) is 4.63. The molecule has 122 valence electrons. The van der Waals surface area contributed by atoms with Gasteiger partial charge >= 0.3 is 0 Å². The second kappa shape index (κ2) is 7.21. The van der Waals surface area contributed by atoms with Gasteiger partial charge in [-0.3, -0.25) is 4.79 Å². The van der Waals surface area contributed by atoms with Gasteiger partial charge in [-0.05, 0) is 30.3 Å². The smallest absolute Gasteiger partial charge is 0.253 e. The molecule has 0 fully saturated rings. The van der Waals surface area contributed by atoms with Gasteiger partial charge in [-0.1, -0.05) is 52.1 Å². The van der Waals surface area contributed by atoms with Gasteiger partial charge in [0.2, 0.25) is 11.7 Å². The van der Waals surface area contributed by atoms with Crippen molar-refractivity contribution in [3.8, 4) is 11.4 Å². The Bertz CT molecular complexity index is 896. The molecule has 2 aromatic carbocycles. The van der Waals surface area contributed by atoms with Gasteiger partial charge in [0.1, 0.15) is 0 Å². The second-order valence-electron chi connectivity index (χ2n) is 4.80. The molecule has 1 N–H and O–H groups in total. The minimum Gasteiger partial charge on any atom is -0.343 e. The van der Waals surface area contributed by atoms with Crippen LogP contribution in [0.3, 0.4) is 0 Å². The van der Waals surface area contributed by atoms with Crippen LogP contribution in [0.15, 0.2) is 47.0 Å². The summed E-state index contributed by atoms with van der Waals surface area (Å²) in [6.07, 6.45) is 0. The first-order chi connectivity index (χ1) is 11.5. The molecule has 0 atom stereocenters. The third-order valence-corrected chi connectivity index (χ3v) is 4.04. The van der Waals surface area contributed by atoms with Crippen LogP contribution < -0.4 is 5.32 Å². The fraction of sp³-hybridized carbons (Fsp3) is 0.0625. The number of rotatable bonds is 4. The molecule has 1 aromatic heterocycles. The lowest BCUT2D eigenvalue weighted by atomic mass is 10.2. The molecule has 0 aliphatic heterocycles. The van der Waals surface area contributed by atoms with Crippen molar-refractivity contribution in [3.63, 3.8) is 0 Å². The molecule has 5 nitrogen and oxygen atoms in total. The average molecular weight is 383 g/mol. The molecule has 0 saturated carbocycles. The van der Waals surface area contributed by atoms with Gasteiger partial charge in [0.25, 0.3) is 5.91 Å². The summed E-state index contributed by atoms with van der Waals surface area (Å²) in [6, 6.07) is 11.8. The van der Waals surface area contributed by atoms with E-state index in [1.165, 1.54) is 6.07 Å². The zero-order valence-corrected chi connectivity index (χ0v) is 14.4. The van der Waals surface area contributed by atoms with Crippen molar-refractivity contribution < 1.29 is 9.32 Å². The topological polar surface area (TPSA) is 68.0 Å². The number of benzene rings is 2. The Balaban J connectivity index is 1.69. The molecule has 0 bridgehead atoms. The summed E-state index contributed by atoms with van der Waals surface area (Å²) in [6.45, 7) is 0.0647. The van der Waals surface area contributed by atoms with E-state index in [0.717, 1.165) is 0 Å². The molecule has 3 aromatic rings. The van der Waals surface area contributed by atoms with Crippen LogP contribution in [0, 0.1) is 0 Å². The fourth-order valence-electron chi connectivity index (χ4n) is 2.00. The highest BCUT2D eigenvalue weighted by molar-refractivity contribution is 6.36. The minimum absolute atomic E-state index is 0.0647. The number of aromatic nitrogens is 2. The van der Waals surface area contributed by atoms with Gasteiger partial charge in [-0.25, -0.2) is 0 Å². The molecule has 0 aliphatic rings. The third-order valence-electron chi connectivity index (χ3n) is 3.16. The van der Waals surface area contributed by atoms with Crippen molar-refractivity contribution in [2.75, 3.05) is 0 Å². The summed E-state index contributed by atoms with van der Waals surface area (Å²) in [5.74, 6) is 0.242. The van der Waals surface area contributed by atoms with E-state index in [-0.39, 0.29) is 23.4 Å². The monoisotopic (exact) mass is 381 g/mol. The standard InChI is InChI=1S/C16H10Cl3N3O2/c17-9-5-6-11(13(19)7-9)16(23)20-8-14-21-15(22-24-14)10-3-1-2-4-12(10)18/h1-7H,8H2,(H,20,23). The molecule has 0 saturated heterocycles. The third kappa shape index (κ3) is 3.70. The van der Waals surface area contributed by atoms with Gasteiger partial charge in [-0.2, -0.15) is 4.98 Å². The zero-order chi connectivity index (χ0) is 17.1. The number of nitrogens with zero attached hydrogens (tertiary/aromatic N) is 2. The molecule has 0 spiro atoms. The molecule has 24 heavy (non-hydrogen) atoms. The molecule has 0 radical (unpaired) electrons. The quantitative estimate of drug-likeness (QED) is 0.714. The molecule has 0 aliphatic carbocycles. The van der Waals surface area contributed by atoms with Crippen molar-refractivity contribution in [1.82, 2.24) is 15.5 Å². The molecule has 1 heterocycles. The van der Waals surface area contributed by atoms with E-state index in [9.17, 15) is 4.79 Å². The second-order valence-corrected chi connectivity index (χ2v) is 6.05. The van der Waals surface area contributed by atoms with E-state index in [0.29, 0.717) is 27.0 Å². The maximum Gasteiger partial charge on any atom is 0.253 e. The van der Waals surface area contributed by atoms with Crippen LogP contribution in [-0.2, 0) is 6.54 Å². The summed E-state index contributed by atoms with van der Waals surface area (Å²) >= 11 is 17.9. The van der Waals surface area contributed by atoms with Gasteiger partial charge < -0.3 is 9.84 Å². The highest BCUT2D eigenvalue weighted by Crippen LogP contribution is 2.25. The van der Waals surface area contributed by atoms with E-state index < -0.39 is 0 Å². The van der Waals surface area contributed by atoms with Crippen molar-refractivity contribution in [2.45, 2.75) is 6.54 Å². The van der Waals surface area contributed by atoms with E-state index in [1.54, 1.807) is 24.3 Å². The van der Waals surface area contributed by atoms with Gasteiger partial charge in [0.15, 0.2) is 0 Å². The Morgan fingerprint density at radius 2 is 1.88 bits per heavy atom. The van der Waals surface area contributed by atoms with E-state index in [1.807, 2.05) is 12.1 Å². The molecular formula is C16H10Cl3N3O2. The lowest BCUT2D eigenvalue weighted by Crippen LogP contribution is -2.23. The highest BCUT2D eigenvalue weighted by Gasteiger charge is 2.14. The average Bonchev–Trinajstić information content (AvgIpc) is 3.02. The number of carbonyl (C=O) groups excluding carboxylic acids is 1. The number of nitrogens with one attached hydrogen (secondary N) is 1. The Morgan fingerprint density at radius 1 is 1.08 bits per heavy atom. The normalized spacial score (nSPS) is 10.6. The van der Waals surface area contributed by atoms with E-state index >= 15 is 0 Å². The van der Waals surface area contributed by atoms with Crippen molar-refractivity contribution in [1.29, 1.82) is 0 Å². The van der Waals surface area contributed by atoms with Crippen molar-refractivity contribution in [3.05, 3.63) is 69.0 Å². The Labute approximate surface area is 152 Å². The van der Waals surface area contributed by atoms with Crippen LogP contribution in [0.4, 0.5) is 0 Å². The van der Waals surface area contributed by atoms with Gasteiger partial charge in [-0.15, -0.1) is 0 Å². The lowest BCUT2D eigenvalue weighted by molar-refractivity contribution is 0.0946. The maximum atomic E-state index is 12.1. The number of amides is 1. The van der Waals surface area contributed by atoms with Crippen LogP contribution in [0.25, 0.3) is 11.4 Å². The Morgan fingerprint density at radius 3 is 2.62 bits per heavy atom. The summed E-state index contributed by atoms with van der Waals surface area (Å²) in [7, 11) is 0.